The van der Waals surface area contributed by atoms with Crippen LogP contribution >= 0.6 is 0 Å². The molecule has 1 N–H and O–H groups in total. The second kappa shape index (κ2) is 14.1. The average molecular weight is 555 g/mol. The second-order valence-electron chi connectivity index (χ2n) is 12.1. The molecule has 3 aromatic rings. The zero-order valence-corrected chi connectivity index (χ0v) is 24.8. The van der Waals surface area contributed by atoms with Crippen LogP contribution in [0.2, 0.25) is 0 Å². The van der Waals surface area contributed by atoms with Gasteiger partial charge in [-0.15, -0.1) is 0 Å². The number of rotatable bonds is 10. The SMILES string of the molecule is CCOC(=O)CN(C(=O)c1ccc(C2CCCC(CNC(C)c3cccc4ccccc34)C2)cc1)C1CCCCC1. The van der Waals surface area contributed by atoms with E-state index in [1.807, 2.05) is 12.1 Å². The summed E-state index contributed by atoms with van der Waals surface area (Å²) in [7, 11) is 0. The molecule has 5 nitrogen and oxygen atoms in total. The van der Waals surface area contributed by atoms with Gasteiger partial charge < -0.3 is 15.0 Å². The molecular weight excluding hydrogens is 508 g/mol. The number of nitrogens with zero attached hydrogens (tertiary/aromatic N) is 1. The van der Waals surface area contributed by atoms with Crippen LogP contribution in [0.5, 0.6) is 0 Å². The molecule has 2 saturated carbocycles. The summed E-state index contributed by atoms with van der Waals surface area (Å²) in [4.78, 5) is 27.7. The Hall–Kier alpha value is -3.18. The standard InChI is InChI=1S/C36H46N2O3/c1-3-41-35(39)25-38(32-15-5-4-6-16-32)36(40)30-21-19-28(20-22-30)31-14-9-11-27(23-31)24-37-26(2)33-18-10-13-29-12-7-8-17-34(29)33/h7-8,10,12-13,17-22,26-27,31-32,37H,3-6,9,11,14-16,23-25H2,1-2H3. The van der Waals surface area contributed by atoms with E-state index in [2.05, 4.69) is 66.8 Å². The first-order chi connectivity index (χ1) is 20.0. The van der Waals surface area contributed by atoms with Crippen LogP contribution in [0.1, 0.15) is 105 Å². The smallest absolute Gasteiger partial charge is 0.325 e. The first-order valence-electron chi connectivity index (χ1n) is 15.8. The van der Waals surface area contributed by atoms with Gasteiger partial charge in [0, 0.05) is 17.6 Å². The molecule has 5 rings (SSSR count). The number of benzene rings is 3. The van der Waals surface area contributed by atoms with E-state index in [4.69, 9.17) is 4.74 Å². The highest BCUT2D eigenvalue weighted by molar-refractivity contribution is 5.96. The highest BCUT2D eigenvalue weighted by Gasteiger charge is 2.29. The molecule has 218 valence electrons. The molecule has 41 heavy (non-hydrogen) atoms. The maximum Gasteiger partial charge on any atom is 0.325 e. The average Bonchev–Trinajstić information content (AvgIpc) is 3.02. The van der Waals surface area contributed by atoms with E-state index in [-0.39, 0.29) is 24.5 Å². The lowest BCUT2D eigenvalue weighted by atomic mass is 9.77. The topological polar surface area (TPSA) is 58.6 Å². The normalized spacial score (nSPS) is 20.4. The lowest BCUT2D eigenvalue weighted by Crippen LogP contribution is -2.44. The van der Waals surface area contributed by atoms with Crippen LogP contribution in [0, 0.1) is 5.92 Å². The summed E-state index contributed by atoms with van der Waals surface area (Å²) in [5.41, 5.74) is 3.35. The summed E-state index contributed by atoms with van der Waals surface area (Å²) < 4.78 is 5.20. The summed E-state index contributed by atoms with van der Waals surface area (Å²) in [6.07, 6.45) is 10.2. The maximum atomic E-state index is 13.6. The molecule has 0 heterocycles. The molecule has 0 aromatic heterocycles. The van der Waals surface area contributed by atoms with Crippen LogP contribution in [0.3, 0.4) is 0 Å². The first-order valence-corrected chi connectivity index (χ1v) is 15.8. The van der Waals surface area contributed by atoms with E-state index < -0.39 is 0 Å². The molecule has 2 aliphatic rings. The molecule has 3 aromatic carbocycles. The summed E-state index contributed by atoms with van der Waals surface area (Å²) in [5.74, 6) is 0.782. The van der Waals surface area contributed by atoms with Gasteiger partial charge in [0.1, 0.15) is 6.54 Å². The maximum absolute atomic E-state index is 13.6. The molecule has 5 heteroatoms. The Morgan fingerprint density at radius 2 is 1.66 bits per heavy atom. The fourth-order valence-electron chi connectivity index (χ4n) is 7.03. The minimum atomic E-state index is -0.320. The van der Waals surface area contributed by atoms with Crippen molar-refractivity contribution in [2.75, 3.05) is 19.7 Å². The zero-order chi connectivity index (χ0) is 28.6. The van der Waals surface area contributed by atoms with Gasteiger partial charge >= 0.3 is 5.97 Å². The number of ether oxygens (including phenoxy) is 1. The number of esters is 1. The fourth-order valence-corrected chi connectivity index (χ4v) is 7.03. The van der Waals surface area contributed by atoms with Crippen LogP contribution < -0.4 is 5.32 Å². The van der Waals surface area contributed by atoms with Crippen molar-refractivity contribution >= 4 is 22.6 Å². The van der Waals surface area contributed by atoms with E-state index in [0.717, 1.165) is 32.2 Å². The summed E-state index contributed by atoms with van der Waals surface area (Å²) >= 11 is 0. The Kier molecular flexibility index (Phi) is 10.1. The van der Waals surface area contributed by atoms with Crippen molar-refractivity contribution in [1.29, 1.82) is 0 Å². The monoisotopic (exact) mass is 554 g/mol. The molecule has 0 saturated heterocycles. The number of amides is 1. The molecule has 3 atom stereocenters. The molecule has 0 radical (unpaired) electrons. The van der Waals surface area contributed by atoms with Crippen LogP contribution in [0.25, 0.3) is 10.8 Å². The fraction of sp³-hybridized carbons (Fsp3) is 0.500. The second-order valence-corrected chi connectivity index (χ2v) is 12.1. The van der Waals surface area contributed by atoms with E-state index in [1.54, 1.807) is 11.8 Å². The number of fused-ring (bicyclic) bond motifs is 1. The van der Waals surface area contributed by atoms with Gasteiger partial charge in [-0.25, -0.2) is 0 Å². The van der Waals surface area contributed by atoms with E-state index >= 15 is 0 Å². The number of hydrogen-bond acceptors (Lipinski definition) is 4. The Morgan fingerprint density at radius 3 is 2.44 bits per heavy atom. The minimum Gasteiger partial charge on any atom is -0.465 e. The largest absolute Gasteiger partial charge is 0.465 e. The van der Waals surface area contributed by atoms with Gasteiger partial charge in [0.05, 0.1) is 6.61 Å². The quantitative estimate of drug-likeness (QED) is 0.260. The molecule has 0 bridgehead atoms. The Bertz CT molecular complexity index is 1290. The molecule has 2 aliphatic carbocycles. The summed E-state index contributed by atoms with van der Waals surface area (Å²) in [6, 6.07) is 23.9. The Morgan fingerprint density at radius 1 is 0.902 bits per heavy atom. The van der Waals surface area contributed by atoms with Crippen LogP contribution in [0.15, 0.2) is 66.7 Å². The van der Waals surface area contributed by atoms with E-state index in [0.29, 0.717) is 30.0 Å². The van der Waals surface area contributed by atoms with Crippen molar-refractivity contribution in [1.82, 2.24) is 10.2 Å². The van der Waals surface area contributed by atoms with Gasteiger partial charge in [-0.3, -0.25) is 9.59 Å². The number of nitrogens with one attached hydrogen (secondary N) is 1. The predicted octanol–water partition coefficient (Wildman–Crippen LogP) is 7.80. The molecule has 0 spiro atoms. The third-order valence-electron chi connectivity index (χ3n) is 9.30. The summed E-state index contributed by atoms with van der Waals surface area (Å²) in [6.45, 7) is 5.47. The van der Waals surface area contributed by atoms with Gasteiger partial charge in [-0.1, -0.05) is 80.3 Å². The number of carbonyl (C=O) groups is 2. The third-order valence-corrected chi connectivity index (χ3v) is 9.30. The summed E-state index contributed by atoms with van der Waals surface area (Å²) in [5, 5.41) is 6.46. The van der Waals surface area contributed by atoms with Crippen molar-refractivity contribution in [2.45, 2.75) is 89.6 Å². The predicted molar refractivity (Wildman–Crippen MR) is 166 cm³/mol. The molecule has 3 unspecified atom stereocenters. The molecule has 1 amide bonds. The van der Waals surface area contributed by atoms with Crippen LogP contribution in [-0.4, -0.2) is 42.5 Å². The zero-order valence-electron chi connectivity index (χ0n) is 24.8. The van der Waals surface area contributed by atoms with Crippen molar-refractivity contribution in [3.8, 4) is 0 Å². The Labute approximate surface area is 245 Å². The molecule has 0 aliphatic heterocycles. The lowest BCUT2D eigenvalue weighted by Gasteiger charge is -2.34. The molecule has 2 fully saturated rings. The highest BCUT2D eigenvalue weighted by atomic mass is 16.5. The van der Waals surface area contributed by atoms with E-state index in [9.17, 15) is 9.59 Å². The van der Waals surface area contributed by atoms with Crippen molar-refractivity contribution in [3.63, 3.8) is 0 Å². The van der Waals surface area contributed by atoms with Crippen molar-refractivity contribution in [2.24, 2.45) is 5.92 Å². The number of hydrogen-bond donors (Lipinski definition) is 1. The van der Waals surface area contributed by atoms with Crippen LogP contribution in [-0.2, 0) is 9.53 Å². The third kappa shape index (κ3) is 7.37. The first kappa shape index (κ1) is 29.3. The minimum absolute atomic E-state index is 0.0353. The van der Waals surface area contributed by atoms with E-state index in [1.165, 1.54) is 54.0 Å². The van der Waals surface area contributed by atoms with Crippen molar-refractivity contribution < 1.29 is 14.3 Å². The highest BCUT2D eigenvalue weighted by Crippen LogP contribution is 2.37. The lowest BCUT2D eigenvalue weighted by molar-refractivity contribution is -0.144. The van der Waals surface area contributed by atoms with Gasteiger partial charge in [-0.2, -0.15) is 0 Å². The van der Waals surface area contributed by atoms with Gasteiger partial charge in [0.25, 0.3) is 5.91 Å². The van der Waals surface area contributed by atoms with Gasteiger partial charge in [0.2, 0.25) is 0 Å². The Balaban J connectivity index is 1.20. The van der Waals surface area contributed by atoms with Gasteiger partial charge in [-0.05, 0) is 98.4 Å². The van der Waals surface area contributed by atoms with Crippen LogP contribution in [0.4, 0.5) is 0 Å². The van der Waals surface area contributed by atoms with Crippen molar-refractivity contribution in [3.05, 3.63) is 83.4 Å². The number of carbonyl (C=O) groups excluding carboxylic acids is 2. The van der Waals surface area contributed by atoms with Gasteiger partial charge in [0.15, 0.2) is 0 Å². The molecular formula is C36H46N2O3.